The summed E-state index contributed by atoms with van der Waals surface area (Å²) in [6.07, 6.45) is 0. The molecule has 160 valence electrons. The van der Waals surface area contributed by atoms with Gasteiger partial charge in [0.25, 0.3) is 11.8 Å². The van der Waals surface area contributed by atoms with Crippen LogP contribution in [0.25, 0.3) is 0 Å². The van der Waals surface area contributed by atoms with Gasteiger partial charge in [-0.3, -0.25) is 9.59 Å². The van der Waals surface area contributed by atoms with Crippen LogP contribution in [0.4, 0.5) is 5.69 Å². The molecule has 0 saturated heterocycles. The van der Waals surface area contributed by atoms with Crippen molar-refractivity contribution in [1.29, 1.82) is 0 Å². The third kappa shape index (κ3) is 6.09. The molecule has 3 aromatic rings. The van der Waals surface area contributed by atoms with Gasteiger partial charge in [0.05, 0.1) is 13.2 Å². The lowest BCUT2D eigenvalue weighted by Crippen LogP contribution is -2.27. The predicted octanol–water partition coefficient (Wildman–Crippen LogP) is 4.51. The van der Waals surface area contributed by atoms with E-state index < -0.39 is 0 Å². The maximum atomic E-state index is 12.6. The second kappa shape index (κ2) is 10.3. The molecule has 3 rings (SSSR count). The minimum atomic E-state index is -0.335. The number of amides is 2. The number of nitrogens with one attached hydrogen (secondary N) is 2. The van der Waals surface area contributed by atoms with Crippen molar-refractivity contribution in [3.05, 3.63) is 89.5 Å². The monoisotopic (exact) mass is 418 g/mol. The van der Waals surface area contributed by atoms with E-state index in [0.29, 0.717) is 22.7 Å². The van der Waals surface area contributed by atoms with E-state index in [0.717, 1.165) is 11.1 Å². The molecule has 6 nitrogen and oxygen atoms in total. The van der Waals surface area contributed by atoms with Gasteiger partial charge in [-0.15, -0.1) is 0 Å². The number of rotatable bonds is 8. The quantitative estimate of drug-likeness (QED) is 0.564. The summed E-state index contributed by atoms with van der Waals surface area (Å²) in [6.45, 7) is 3.69. The van der Waals surface area contributed by atoms with Crippen LogP contribution >= 0.6 is 0 Å². The van der Waals surface area contributed by atoms with Gasteiger partial charge in [-0.05, 0) is 55.3 Å². The molecule has 0 aliphatic rings. The Bertz CT molecular complexity index is 1050. The molecule has 0 bridgehead atoms. The molecule has 0 fully saturated rings. The van der Waals surface area contributed by atoms with Gasteiger partial charge in [0, 0.05) is 11.3 Å². The van der Waals surface area contributed by atoms with Crippen molar-refractivity contribution >= 4 is 17.5 Å². The summed E-state index contributed by atoms with van der Waals surface area (Å²) >= 11 is 0. The zero-order valence-corrected chi connectivity index (χ0v) is 17.8. The summed E-state index contributed by atoms with van der Waals surface area (Å²) in [5.41, 5.74) is 3.03. The van der Waals surface area contributed by atoms with Crippen LogP contribution in [0, 0.1) is 6.92 Å². The predicted molar refractivity (Wildman–Crippen MR) is 121 cm³/mol. The lowest BCUT2D eigenvalue weighted by molar-refractivity contribution is -0.118. The summed E-state index contributed by atoms with van der Waals surface area (Å²) in [5, 5.41) is 5.72. The molecule has 0 saturated carbocycles. The fourth-order valence-electron chi connectivity index (χ4n) is 3.08. The average molecular weight is 418 g/mol. The molecule has 0 aromatic heterocycles. The topological polar surface area (TPSA) is 76.7 Å². The Kier molecular flexibility index (Phi) is 7.27. The molecule has 1 unspecified atom stereocenters. The molecule has 31 heavy (non-hydrogen) atoms. The molecule has 2 amide bonds. The van der Waals surface area contributed by atoms with Gasteiger partial charge >= 0.3 is 0 Å². The fourth-order valence-corrected chi connectivity index (χ4v) is 3.08. The molecule has 3 aromatic carbocycles. The molecule has 0 spiro atoms. The highest BCUT2D eigenvalue weighted by Gasteiger charge is 2.13. The van der Waals surface area contributed by atoms with Crippen LogP contribution in [-0.4, -0.2) is 25.5 Å². The van der Waals surface area contributed by atoms with Crippen molar-refractivity contribution in [2.45, 2.75) is 19.9 Å². The first-order valence-electron chi connectivity index (χ1n) is 9.99. The van der Waals surface area contributed by atoms with E-state index >= 15 is 0 Å². The van der Waals surface area contributed by atoms with Crippen LogP contribution in [-0.2, 0) is 4.79 Å². The van der Waals surface area contributed by atoms with Crippen LogP contribution in [0.2, 0.25) is 0 Å². The summed E-state index contributed by atoms with van der Waals surface area (Å²) in [4.78, 5) is 24.9. The van der Waals surface area contributed by atoms with E-state index in [-0.39, 0.29) is 24.5 Å². The third-order valence-electron chi connectivity index (χ3n) is 4.73. The van der Waals surface area contributed by atoms with E-state index in [4.69, 9.17) is 9.47 Å². The molecular weight excluding hydrogens is 392 g/mol. The maximum absolute atomic E-state index is 12.6. The molecule has 0 aliphatic carbocycles. The van der Waals surface area contributed by atoms with Gasteiger partial charge in [-0.1, -0.05) is 42.5 Å². The first kappa shape index (κ1) is 21.9. The van der Waals surface area contributed by atoms with Crippen LogP contribution < -0.4 is 20.1 Å². The molecule has 2 N–H and O–H groups in total. The van der Waals surface area contributed by atoms with E-state index in [9.17, 15) is 9.59 Å². The van der Waals surface area contributed by atoms with Crippen LogP contribution in [0.3, 0.4) is 0 Å². The Morgan fingerprint density at radius 2 is 1.71 bits per heavy atom. The highest BCUT2D eigenvalue weighted by Crippen LogP contribution is 2.27. The molecule has 0 aliphatic heterocycles. The molecule has 0 radical (unpaired) electrons. The number of aryl methyl sites for hydroxylation is 1. The first-order chi connectivity index (χ1) is 15.0. The fraction of sp³-hybridized carbons (Fsp3) is 0.200. The summed E-state index contributed by atoms with van der Waals surface area (Å²) in [7, 11) is 1.55. The Balaban J connectivity index is 1.58. The Hall–Kier alpha value is -3.80. The Morgan fingerprint density at radius 1 is 0.935 bits per heavy atom. The van der Waals surface area contributed by atoms with E-state index in [1.165, 1.54) is 0 Å². The second-order valence-corrected chi connectivity index (χ2v) is 7.18. The number of methoxy groups -OCH3 is 1. The Labute approximate surface area is 182 Å². The number of benzene rings is 3. The molecule has 1 atom stereocenters. The molecular formula is C25H26N2O4. The third-order valence-corrected chi connectivity index (χ3v) is 4.73. The molecule has 0 heterocycles. The summed E-state index contributed by atoms with van der Waals surface area (Å²) < 4.78 is 10.9. The second-order valence-electron chi connectivity index (χ2n) is 7.18. The summed E-state index contributed by atoms with van der Waals surface area (Å²) in [6, 6.07) is 21.9. The minimum Gasteiger partial charge on any atom is -0.493 e. The van der Waals surface area contributed by atoms with Gasteiger partial charge in [0.2, 0.25) is 0 Å². The van der Waals surface area contributed by atoms with Crippen LogP contribution in [0.5, 0.6) is 11.5 Å². The smallest absolute Gasteiger partial charge is 0.262 e. The van der Waals surface area contributed by atoms with Gasteiger partial charge in [-0.2, -0.15) is 0 Å². The number of carbonyl (C=O) groups is 2. The van der Waals surface area contributed by atoms with Crippen LogP contribution in [0.1, 0.15) is 34.5 Å². The van der Waals surface area contributed by atoms with E-state index in [1.807, 2.05) is 56.3 Å². The van der Waals surface area contributed by atoms with Crippen molar-refractivity contribution in [2.75, 3.05) is 19.0 Å². The molecule has 6 heteroatoms. The van der Waals surface area contributed by atoms with Crippen molar-refractivity contribution in [3.8, 4) is 11.5 Å². The largest absolute Gasteiger partial charge is 0.493 e. The van der Waals surface area contributed by atoms with Crippen molar-refractivity contribution < 1.29 is 19.1 Å². The number of hydrogen-bond acceptors (Lipinski definition) is 4. The highest BCUT2D eigenvalue weighted by atomic mass is 16.5. The zero-order chi connectivity index (χ0) is 22.2. The zero-order valence-electron chi connectivity index (χ0n) is 17.8. The van der Waals surface area contributed by atoms with Gasteiger partial charge in [0.1, 0.15) is 0 Å². The Morgan fingerprint density at radius 3 is 2.45 bits per heavy atom. The average Bonchev–Trinajstić information content (AvgIpc) is 2.78. The van der Waals surface area contributed by atoms with E-state index in [2.05, 4.69) is 10.6 Å². The normalized spacial score (nSPS) is 11.3. The number of ether oxygens (including phenoxy) is 2. The van der Waals surface area contributed by atoms with Gasteiger partial charge < -0.3 is 20.1 Å². The number of carbonyl (C=O) groups excluding carboxylic acids is 2. The highest BCUT2D eigenvalue weighted by molar-refractivity contribution is 5.97. The minimum absolute atomic E-state index is 0.134. The SMILES string of the molecule is COc1cc(C)ccc1OCC(=O)Nc1cccc(C(=O)NC(C)c2ccccc2)c1. The van der Waals surface area contributed by atoms with Crippen molar-refractivity contribution in [2.24, 2.45) is 0 Å². The number of hydrogen-bond donors (Lipinski definition) is 2. The van der Waals surface area contributed by atoms with Crippen molar-refractivity contribution in [3.63, 3.8) is 0 Å². The van der Waals surface area contributed by atoms with Gasteiger partial charge in [-0.25, -0.2) is 0 Å². The lowest BCUT2D eigenvalue weighted by Gasteiger charge is -2.15. The number of anilines is 1. The van der Waals surface area contributed by atoms with Crippen molar-refractivity contribution in [1.82, 2.24) is 5.32 Å². The standard InChI is InChI=1S/C25H26N2O4/c1-17-12-13-22(23(14-17)30-3)31-16-24(28)27-21-11-7-10-20(15-21)25(29)26-18(2)19-8-5-4-6-9-19/h4-15,18H,16H2,1-3H3,(H,26,29)(H,27,28). The maximum Gasteiger partial charge on any atom is 0.262 e. The summed E-state index contributed by atoms with van der Waals surface area (Å²) in [5.74, 6) is 0.510. The first-order valence-corrected chi connectivity index (χ1v) is 9.99. The van der Waals surface area contributed by atoms with Gasteiger partial charge in [0.15, 0.2) is 18.1 Å². The van der Waals surface area contributed by atoms with Crippen LogP contribution in [0.15, 0.2) is 72.8 Å². The lowest BCUT2D eigenvalue weighted by atomic mass is 10.1. The van der Waals surface area contributed by atoms with E-state index in [1.54, 1.807) is 37.4 Å².